The molecule has 0 atom stereocenters. The van der Waals surface area contributed by atoms with Crippen molar-refractivity contribution < 1.29 is 56.7 Å². The van der Waals surface area contributed by atoms with Gasteiger partial charge in [-0.25, -0.2) is 19.4 Å². The minimum absolute atomic E-state index is 0.0121. The second-order valence-corrected chi connectivity index (χ2v) is 28.4. The number of hydrogen-bond acceptors (Lipinski definition) is 12. The summed E-state index contributed by atoms with van der Waals surface area (Å²) in [6.45, 7) is 21.4. The summed E-state index contributed by atoms with van der Waals surface area (Å²) in [7, 11) is -4.13. The Hall–Kier alpha value is -6.47. The summed E-state index contributed by atoms with van der Waals surface area (Å²) in [5.41, 5.74) is -0.0761. The number of rotatable bonds is 12. The molecule has 344 valence electrons. The first-order chi connectivity index (χ1) is 30.6. The third kappa shape index (κ3) is 12.0. The van der Waals surface area contributed by atoms with Crippen molar-refractivity contribution >= 4 is 97.3 Å². The predicted molar refractivity (Wildman–Crippen MR) is 255 cm³/mol. The minimum atomic E-state index is -2.06. The largest absolute Gasteiger partial charge is 0.543 e. The first-order valence-electron chi connectivity index (χ1n) is 20.4. The number of carbonyl (C=O) groups excluding carboxylic acids is 8. The van der Waals surface area contributed by atoms with Crippen molar-refractivity contribution in [3.8, 4) is 23.0 Å². The Labute approximate surface area is 394 Å². The van der Waals surface area contributed by atoms with Gasteiger partial charge in [0.05, 0.1) is 22.5 Å². The van der Waals surface area contributed by atoms with E-state index in [1.807, 2.05) is 0 Å². The SMILES string of the molecule is CC(C)(C)[Si](C)(C)Oc1ccc(OC(=O)c2cc(C(=O)Oc3ccc(O[Si](C)(C)C(C)(C)C)cc3)cc(N3C(=O)C=CC3=O)c2)cc1.O=C(Cl)c1cc(C(=O)Cl)cc(N2C(=O)C=CC2=O)c1. The number of benzene rings is 4. The fraction of sp³-hybridized carbons (Fsp3) is 0.250. The Balaban J connectivity index is 0.000000357. The molecule has 0 N–H and O–H groups in total. The van der Waals surface area contributed by atoms with Crippen LogP contribution in [-0.2, 0) is 19.2 Å². The number of halogens is 2. The molecular weight excluding hydrogens is 924 g/mol. The highest BCUT2D eigenvalue weighted by Crippen LogP contribution is 2.39. The quantitative estimate of drug-likeness (QED) is 0.0432. The highest BCUT2D eigenvalue weighted by Gasteiger charge is 2.40. The molecule has 66 heavy (non-hydrogen) atoms. The van der Waals surface area contributed by atoms with E-state index in [9.17, 15) is 38.4 Å². The molecule has 0 bridgehead atoms. The van der Waals surface area contributed by atoms with Crippen molar-refractivity contribution in [2.24, 2.45) is 0 Å². The van der Waals surface area contributed by atoms with Gasteiger partial charge < -0.3 is 18.3 Å². The lowest BCUT2D eigenvalue weighted by molar-refractivity contribution is -0.121. The number of ether oxygens (including phenoxy) is 2. The van der Waals surface area contributed by atoms with Crippen LogP contribution in [0.2, 0.25) is 36.3 Å². The van der Waals surface area contributed by atoms with Crippen molar-refractivity contribution in [1.29, 1.82) is 0 Å². The van der Waals surface area contributed by atoms with Crippen LogP contribution in [0.3, 0.4) is 0 Å². The summed E-state index contributed by atoms with van der Waals surface area (Å²) in [6, 6.07) is 21.0. The maximum absolute atomic E-state index is 13.3. The molecule has 14 nitrogen and oxygen atoms in total. The van der Waals surface area contributed by atoms with Crippen LogP contribution >= 0.6 is 23.2 Å². The summed E-state index contributed by atoms with van der Waals surface area (Å²) in [6.07, 6.45) is 4.40. The van der Waals surface area contributed by atoms with Gasteiger partial charge in [-0.3, -0.25) is 28.8 Å². The number of hydrogen-bond donors (Lipinski definition) is 0. The second kappa shape index (κ2) is 19.6. The van der Waals surface area contributed by atoms with Crippen LogP contribution in [0.15, 0.2) is 109 Å². The smallest absolute Gasteiger partial charge is 0.343 e. The molecule has 6 rings (SSSR count). The molecule has 2 aliphatic rings. The highest BCUT2D eigenvalue weighted by atomic mass is 35.5. The molecule has 4 aromatic rings. The van der Waals surface area contributed by atoms with Gasteiger partial charge in [0.1, 0.15) is 23.0 Å². The third-order valence-electron chi connectivity index (χ3n) is 11.3. The maximum Gasteiger partial charge on any atom is 0.343 e. The minimum Gasteiger partial charge on any atom is -0.543 e. The molecule has 2 aliphatic heterocycles. The number of amides is 4. The van der Waals surface area contributed by atoms with Crippen LogP contribution in [0, 0.1) is 0 Å². The second-order valence-electron chi connectivity index (χ2n) is 18.2. The van der Waals surface area contributed by atoms with E-state index >= 15 is 0 Å². The van der Waals surface area contributed by atoms with Crippen LogP contribution in [0.1, 0.15) is 83.0 Å². The molecule has 0 saturated heterocycles. The Morgan fingerprint density at radius 3 is 0.970 bits per heavy atom. The normalized spacial score (nSPS) is 13.9. The Kier molecular flexibility index (Phi) is 15.0. The number of imide groups is 2. The summed E-state index contributed by atoms with van der Waals surface area (Å²) in [4.78, 5) is 98.7. The molecular formula is C48H48Cl2N2O12Si2. The van der Waals surface area contributed by atoms with E-state index in [0.717, 1.165) is 34.1 Å². The fourth-order valence-corrected chi connectivity index (χ4v) is 7.91. The average Bonchev–Trinajstić information content (AvgIpc) is 3.75. The van der Waals surface area contributed by atoms with Crippen molar-refractivity contribution in [3.05, 3.63) is 131 Å². The zero-order chi connectivity index (χ0) is 49.1. The van der Waals surface area contributed by atoms with E-state index in [4.69, 9.17) is 41.5 Å². The zero-order valence-electron chi connectivity index (χ0n) is 37.9. The summed E-state index contributed by atoms with van der Waals surface area (Å²) >= 11 is 10.7. The first-order valence-corrected chi connectivity index (χ1v) is 27.0. The van der Waals surface area contributed by atoms with Gasteiger partial charge in [0, 0.05) is 35.4 Å². The average molecular weight is 972 g/mol. The van der Waals surface area contributed by atoms with Gasteiger partial charge in [-0.1, -0.05) is 41.5 Å². The van der Waals surface area contributed by atoms with E-state index in [-0.39, 0.29) is 55.2 Å². The van der Waals surface area contributed by atoms with Crippen molar-refractivity contribution in [2.45, 2.75) is 77.8 Å². The van der Waals surface area contributed by atoms with Gasteiger partial charge in [-0.15, -0.1) is 0 Å². The molecule has 0 radical (unpaired) electrons. The van der Waals surface area contributed by atoms with Gasteiger partial charge in [-0.05, 0) is 144 Å². The number of anilines is 2. The number of nitrogens with zero attached hydrogens (tertiary/aromatic N) is 2. The number of carbonyl (C=O) groups is 8. The number of esters is 2. The molecule has 0 fully saturated rings. The van der Waals surface area contributed by atoms with Gasteiger partial charge in [0.2, 0.25) is 16.6 Å². The summed E-state index contributed by atoms with van der Waals surface area (Å²) in [5, 5.41) is -1.63. The lowest BCUT2D eigenvalue weighted by Crippen LogP contribution is -2.43. The molecule has 0 aliphatic carbocycles. The molecule has 0 spiro atoms. The van der Waals surface area contributed by atoms with Crippen molar-refractivity contribution in [2.75, 3.05) is 9.80 Å². The Morgan fingerprint density at radius 1 is 0.439 bits per heavy atom. The van der Waals surface area contributed by atoms with E-state index in [0.29, 0.717) is 11.5 Å². The van der Waals surface area contributed by atoms with Crippen LogP contribution in [0.5, 0.6) is 23.0 Å². The van der Waals surface area contributed by atoms with Crippen LogP contribution in [0.4, 0.5) is 11.4 Å². The molecule has 2 heterocycles. The maximum atomic E-state index is 13.3. The molecule has 4 aromatic carbocycles. The van der Waals surface area contributed by atoms with Crippen LogP contribution in [-0.4, -0.2) is 62.7 Å². The van der Waals surface area contributed by atoms with E-state index < -0.39 is 62.7 Å². The molecule has 4 amide bonds. The third-order valence-corrected chi connectivity index (χ3v) is 20.5. The standard InChI is InChI=1S/C36H43NO8Si2.C12H5Cl2NO4/c1-35(2,3)46(7,8)44-29-15-11-27(12-16-29)42-33(40)24-21-25(23-26(22-24)37-31(38)19-20-32(37)39)34(41)43-28-13-17-30(18-14-28)45-47(9,10)36(4,5)6;13-11(18)6-3-7(12(14)19)5-8(4-6)15-9(16)1-2-10(15)17/h11-23H,1-10H3;1-5H. The van der Waals surface area contributed by atoms with Gasteiger partial charge in [0.25, 0.3) is 34.1 Å². The molecule has 0 saturated carbocycles. The Bertz CT molecular complexity index is 2530. The van der Waals surface area contributed by atoms with Gasteiger partial charge in [-0.2, -0.15) is 0 Å². The molecule has 0 aromatic heterocycles. The van der Waals surface area contributed by atoms with Crippen LogP contribution < -0.4 is 28.1 Å². The zero-order valence-corrected chi connectivity index (χ0v) is 41.5. The monoisotopic (exact) mass is 970 g/mol. The summed E-state index contributed by atoms with van der Waals surface area (Å²) in [5.74, 6) is -2.10. The first kappa shape index (κ1) is 50.5. The van der Waals surface area contributed by atoms with E-state index in [2.05, 4.69) is 67.7 Å². The lowest BCUT2D eigenvalue weighted by Gasteiger charge is -2.36. The molecule has 0 unspecified atom stereocenters. The lowest BCUT2D eigenvalue weighted by atomic mass is 10.1. The van der Waals surface area contributed by atoms with E-state index in [1.165, 1.54) is 36.4 Å². The predicted octanol–water partition coefficient (Wildman–Crippen LogP) is 10.2. The molecule has 18 heteroatoms. The van der Waals surface area contributed by atoms with Crippen molar-refractivity contribution in [1.82, 2.24) is 0 Å². The summed E-state index contributed by atoms with van der Waals surface area (Å²) < 4.78 is 23.8. The highest BCUT2D eigenvalue weighted by molar-refractivity contribution is 6.75. The fourth-order valence-electron chi connectivity index (χ4n) is 5.63. The Morgan fingerprint density at radius 2 is 0.697 bits per heavy atom. The van der Waals surface area contributed by atoms with Gasteiger partial charge >= 0.3 is 11.9 Å². The van der Waals surface area contributed by atoms with Gasteiger partial charge in [0.15, 0.2) is 0 Å². The topological polar surface area (TPSA) is 180 Å². The van der Waals surface area contributed by atoms with E-state index in [1.54, 1.807) is 48.5 Å². The van der Waals surface area contributed by atoms with Crippen molar-refractivity contribution in [3.63, 3.8) is 0 Å². The van der Waals surface area contributed by atoms with Crippen LogP contribution in [0.25, 0.3) is 0 Å².